The molecule has 0 aliphatic carbocycles. The van der Waals surface area contributed by atoms with Gasteiger partial charge in [-0.15, -0.1) is 0 Å². The summed E-state index contributed by atoms with van der Waals surface area (Å²) in [6.07, 6.45) is 0. The molecule has 288 valence electrons. The van der Waals surface area contributed by atoms with Gasteiger partial charge in [-0.05, 0) is 133 Å². The Bertz CT molecular complexity index is 3310. The van der Waals surface area contributed by atoms with Gasteiger partial charge in [-0.2, -0.15) is 0 Å². The van der Waals surface area contributed by atoms with Gasteiger partial charge < -0.3 is 9.32 Å². The standard InChI is InChI=1S/C58H38FNO/c59-48-29-20-44(21-30-48)52-13-6-10-46-11-7-14-53(58(46)52)45-26-35-51(36-27-45)60(49-31-22-42(23-32-49)41-18-16-40(17-19-41)39-8-2-1-3-9-39)50-33-24-43(25-34-50)47-28-37-55-54-12-4-5-15-56(54)61-57(55)38-47/h1-38H. The minimum atomic E-state index is -0.240. The lowest BCUT2D eigenvalue weighted by atomic mass is 9.91. The van der Waals surface area contributed by atoms with Crippen LogP contribution in [0.2, 0.25) is 0 Å². The van der Waals surface area contributed by atoms with Gasteiger partial charge in [-0.25, -0.2) is 4.39 Å². The number of hydrogen-bond donors (Lipinski definition) is 0. The number of hydrogen-bond acceptors (Lipinski definition) is 2. The van der Waals surface area contributed by atoms with E-state index in [2.05, 4.69) is 193 Å². The summed E-state index contributed by atoms with van der Waals surface area (Å²) >= 11 is 0. The van der Waals surface area contributed by atoms with Crippen LogP contribution in [0, 0.1) is 5.82 Å². The molecule has 0 unspecified atom stereocenters. The fraction of sp³-hybridized carbons (Fsp3) is 0. The molecule has 0 amide bonds. The molecule has 10 aromatic carbocycles. The second-order valence-corrected chi connectivity index (χ2v) is 15.4. The van der Waals surface area contributed by atoms with E-state index in [1.807, 2.05) is 30.3 Å². The summed E-state index contributed by atoms with van der Waals surface area (Å²) in [5.41, 5.74) is 16.2. The molecule has 0 spiro atoms. The maximum Gasteiger partial charge on any atom is 0.136 e. The van der Waals surface area contributed by atoms with Crippen LogP contribution in [0.1, 0.15) is 0 Å². The van der Waals surface area contributed by atoms with E-state index in [4.69, 9.17) is 4.42 Å². The van der Waals surface area contributed by atoms with Crippen LogP contribution in [0.5, 0.6) is 0 Å². The zero-order valence-electron chi connectivity index (χ0n) is 33.2. The van der Waals surface area contributed by atoms with Gasteiger partial charge >= 0.3 is 0 Å². The Morgan fingerprint density at radius 2 is 0.738 bits per heavy atom. The number of anilines is 3. The third-order valence-corrected chi connectivity index (χ3v) is 11.8. The Balaban J connectivity index is 0.963. The van der Waals surface area contributed by atoms with Crippen molar-refractivity contribution in [2.75, 3.05) is 4.90 Å². The van der Waals surface area contributed by atoms with Crippen molar-refractivity contribution in [1.29, 1.82) is 0 Å². The first-order valence-corrected chi connectivity index (χ1v) is 20.6. The van der Waals surface area contributed by atoms with Crippen LogP contribution in [-0.4, -0.2) is 0 Å². The van der Waals surface area contributed by atoms with Crippen molar-refractivity contribution in [2.45, 2.75) is 0 Å². The van der Waals surface area contributed by atoms with Crippen molar-refractivity contribution in [3.63, 3.8) is 0 Å². The second-order valence-electron chi connectivity index (χ2n) is 15.4. The number of rotatable bonds is 8. The van der Waals surface area contributed by atoms with E-state index in [1.165, 1.54) is 28.8 Å². The number of fused-ring (bicyclic) bond motifs is 4. The second kappa shape index (κ2) is 15.3. The maximum absolute atomic E-state index is 13.9. The molecule has 0 bridgehead atoms. The van der Waals surface area contributed by atoms with E-state index in [0.29, 0.717) is 0 Å². The first kappa shape index (κ1) is 36.1. The van der Waals surface area contributed by atoms with Crippen LogP contribution in [0.15, 0.2) is 235 Å². The molecule has 0 fully saturated rings. The Hall–Kier alpha value is -8.01. The lowest BCUT2D eigenvalue weighted by molar-refractivity contribution is 0.628. The average Bonchev–Trinajstić information content (AvgIpc) is 3.71. The normalized spacial score (nSPS) is 11.4. The number of halogens is 1. The monoisotopic (exact) mass is 783 g/mol. The van der Waals surface area contributed by atoms with Gasteiger partial charge in [0.2, 0.25) is 0 Å². The predicted molar refractivity (Wildman–Crippen MR) is 253 cm³/mol. The van der Waals surface area contributed by atoms with Crippen LogP contribution < -0.4 is 4.90 Å². The lowest BCUT2D eigenvalue weighted by Crippen LogP contribution is -2.09. The third-order valence-electron chi connectivity index (χ3n) is 11.8. The Morgan fingerprint density at radius 1 is 0.311 bits per heavy atom. The number of benzene rings is 10. The highest BCUT2D eigenvalue weighted by Crippen LogP contribution is 2.41. The molecule has 0 saturated carbocycles. The highest BCUT2D eigenvalue weighted by atomic mass is 19.1. The average molecular weight is 784 g/mol. The van der Waals surface area contributed by atoms with Crippen LogP contribution in [-0.2, 0) is 0 Å². The van der Waals surface area contributed by atoms with E-state index in [9.17, 15) is 4.39 Å². The molecule has 11 rings (SSSR count). The Kier molecular flexibility index (Phi) is 9.05. The molecule has 3 heteroatoms. The molecule has 0 radical (unpaired) electrons. The molecule has 61 heavy (non-hydrogen) atoms. The fourth-order valence-corrected chi connectivity index (χ4v) is 8.69. The molecule has 0 N–H and O–H groups in total. The van der Waals surface area contributed by atoms with Crippen molar-refractivity contribution in [3.05, 3.63) is 236 Å². The minimum Gasteiger partial charge on any atom is -0.456 e. The number of furan rings is 1. The van der Waals surface area contributed by atoms with E-state index < -0.39 is 0 Å². The summed E-state index contributed by atoms with van der Waals surface area (Å²) in [5, 5.41) is 4.53. The highest BCUT2D eigenvalue weighted by molar-refractivity contribution is 6.07. The molecule has 2 nitrogen and oxygen atoms in total. The zero-order valence-corrected chi connectivity index (χ0v) is 33.2. The van der Waals surface area contributed by atoms with Crippen molar-refractivity contribution >= 4 is 49.8 Å². The van der Waals surface area contributed by atoms with Gasteiger partial charge in [0, 0.05) is 27.8 Å². The molecule has 0 aliphatic heterocycles. The van der Waals surface area contributed by atoms with Crippen molar-refractivity contribution in [2.24, 2.45) is 0 Å². The number of nitrogens with zero attached hydrogens (tertiary/aromatic N) is 1. The molecule has 0 saturated heterocycles. The maximum atomic E-state index is 13.9. The number of para-hydroxylation sites is 1. The molecule has 0 atom stereocenters. The Labute approximate surface area is 354 Å². The van der Waals surface area contributed by atoms with Crippen LogP contribution >= 0.6 is 0 Å². The molecular weight excluding hydrogens is 746 g/mol. The summed E-state index contributed by atoms with van der Waals surface area (Å²) in [5.74, 6) is -0.240. The summed E-state index contributed by atoms with van der Waals surface area (Å²) in [6.45, 7) is 0. The van der Waals surface area contributed by atoms with Crippen LogP contribution in [0.4, 0.5) is 21.5 Å². The van der Waals surface area contributed by atoms with E-state index in [1.54, 1.807) is 0 Å². The fourth-order valence-electron chi connectivity index (χ4n) is 8.69. The van der Waals surface area contributed by atoms with Crippen molar-refractivity contribution in [1.82, 2.24) is 0 Å². The molecule has 1 heterocycles. The lowest BCUT2D eigenvalue weighted by Gasteiger charge is -2.26. The Morgan fingerprint density at radius 3 is 1.31 bits per heavy atom. The summed E-state index contributed by atoms with van der Waals surface area (Å²) < 4.78 is 20.2. The summed E-state index contributed by atoms with van der Waals surface area (Å²) in [7, 11) is 0. The van der Waals surface area contributed by atoms with Gasteiger partial charge in [-0.1, -0.05) is 164 Å². The predicted octanol–water partition coefficient (Wildman–Crippen LogP) is 16.7. The summed E-state index contributed by atoms with van der Waals surface area (Å²) in [6, 6.07) is 79.9. The van der Waals surface area contributed by atoms with Gasteiger partial charge in [0.25, 0.3) is 0 Å². The van der Waals surface area contributed by atoms with Crippen molar-refractivity contribution < 1.29 is 8.81 Å². The molecular formula is C58H38FNO. The molecule has 0 aliphatic rings. The first-order chi connectivity index (χ1) is 30.1. The van der Waals surface area contributed by atoms with E-state index >= 15 is 0 Å². The quantitative estimate of drug-likeness (QED) is 0.153. The van der Waals surface area contributed by atoms with E-state index in [-0.39, 0.29) is 5.82 Å². The zero-order chi connectivity index (χ0) is 40.7. The smallest absolute Gasteiger partial charge is 0.136 e. The van der Waals surface area contributed by atoms with Crippen LogP contribution in [0.25, 0.3) is 88.3 Å². The summed E-state index contributed by atoms with van der Waals surface area (Å²) in [4.78, 5) is 2.31. The van der Waals surface area contributed by atoms with Gasteiger partial charge in [0.05, 0.1) is 0 Å². The van der Waals surface area contributed by atoms with Gasteiger partial charge in [0.15, 0.2) is 0 Å². The van der Waals surface area contributed by atoms with Gasteiger partial charge in [-0.3, -0.25) is 0 Å². The first-order valence-electron chi connectivity index (χ1n) is 20.6. The largest absolute Gasteiger partial charge is 0.456 e. The third kappa shape index (κ3) is 6.82. The topological polar surface area (TPSA) is 16.4 Å². The highest BCUT2D eigenvalue weighted by Gasteiger charge is 2.16. The van der Waals surface area contributed by atoms with E-state index in [0.717, 1.165) is 88.7 Å². The minimum absolute atomic E-state index is 0.240. The van der Waals surface area contributed by atoms with Gasteiger partial charge in [0.1, 0.15) is 17.0 Å². The molecule has 11 aromatic rings. The molecule has 1 aromatic heterocycles. The van der Waals surface area contributed by atoms with Crippen LogP contribution in [0.3, 0.4) is 0 Å². The SMILES string of the molecule is Fc1ccc(-c2cccc3cccc(-c4ccc(N(c5ccc(-c6ccc(-c7ccccc7)cc6)cc5)c5ccc(-c6ccc7c(c6)oc6ccccc67)cc5)cc4)c23)cc1. The van der Waals surface area contributed by atoms with Crippen molar-refractivity contribution in [3.8, 4) is 55.6 Å².